The van der Waals surface area contributed by atoms with Gasteiger partial charge >= 0.3 is 5.97 Å². The summed E-state index contributed by atoms with van der Waals surface area (Å²) < 4.78 is 0. The van der Waals surface area contributed by atoms with Gasteiger partial charge in [-0.1, -0.05) is 82.9 Å². The fourth-order valence-corrected chi connectivity index (χ4v) is 2.50. The second kappa shape index (κ2) is 18.0. The molecule has 0 unspecified atom stereocenters. The van der Waals surface area contributed by atoms with Gasteiger partial charge in [0.1, 0.15) is 0 Å². The third-order valence-electron chi connectivity index (χ3n) is 3.89. The second-order valence-electron chi connectivity index (χ2n) is 6.11. The molecule has 0 saturated carbocycles. The summed E-state index contributed by atoms with van der Waals surface area (Å²) >= 11 is 0. The lowest BCUT2D eigenvalue weighted by Gasteiger charge is -2.01. The van der Waals surface area contributed by atoms with Crippen LogP contribution in [0.2, 0.25) is 0 Å². The summed E-state index contributed by atoms with van der Waals surface area (Å²) in [7, 11) is 0. The molecule has 2 heteroatoms. The lowest BCUT2D eigenvalue weighted by Crippen LogP contribution is -1.85. The fraction of sp³-hybridized carbons (Fsp3) is 0.750. The molecule has 0 fully saturated rings. The molecule has 0 spiro atoms. The van der Waals surface area contributed by atoms with E-state index < -0.39 is 5.97 Å². The number of hydrogen-bond donors (Lipinski definition) is 1. The summed E-state index contributed by atoms with van der Waals surface area (Å²) in [6.45, 7) is 2.24. The summed E-state index contributed by atoms with van der Waals surface area (Å²) in [5.74, 6) is -0.837. The van der Waals surface area contributed by atoms with Crippen molar-refractivity contribution in [3.63, 3.8) is 0 Å². The Morgan fingerprint density at radius 3 is 1.55 bits per heavy atom. The van der Waals surface area contributed by atoms with Crippen molar-refractivity contribution in [2.45, 2.75) is 96.8 Å². The van der Waals surface area contributed by atoms with Crippen molar-refractivity contribution in [3.05, 3.63) is 24.3 Å². The van der Waals surface area contributed by atoms with Crippen LogP contribution < -0.4 is 0 Å². The smallest absolute Gasteiger partial charge is 0.327 e. The van der Waals surface area contributed by atoms with Crippen LogP contribution in [0.25, 0.3) is 0 Å². The molecule has 0 radical (unpaired) electrons. The molecule has 0 amide bonds. The number of aliphatic carboxylic acids is 1. The van der Waals surface area contributed by atoms with E-state index in [-0.39, 0.29) is 0 Å². The van der Waals surface area contributed by atoms with Gasteiger partial charge in [-0.3, -0.25) is 0 Å². The summed E-state index contributed by atoms with van der Waals surface area (Å²) in [5.41, 5.74) is 0. The lowest BCUT2D eigenvalue weighted by atomic mass is 10.1. The zero-order valence-electron chi connectivity index (χ0n) is 14.6. The molecule has 1 N–H and O–H groups in total. The second-order valence-corrected chi connectivity index (χ2v) is 6.11. The van der Waals surface area contributed by atoms with E-state index in [4.69, 9.17) is 5.11 Å². The molecule has 22 heavy (non-hydrogen) atoms. The Morgan fingerprint density at radius 1 is 0.682 bits per heavy atom. The molecule has 0 atom stereocenters. The van der Waals surface area contributed by atoms with Crippen molar-refractivity contribution in [1.29, 1.82) is 0 Å². The van der Waals surface area contributed by atoms with Gasteiger partial charge in [-0.25, -0.2) is 4.79 Å². The van der Waals surface area contributed by atoms with Crippen molar-refractivity contribution in [2.24, 2.45) is 0 Å². The van der Waals surface area contributed by atoms with Crippen molar-refractivity contribution >= 4 is 5.97 Å². The van der Waals surface area contributed by atoms with Crippen LogP contribution in [0.1, 0.15) is 96.8 Å². The Labute approximate surface area is 137 Å². The molecule has 0 aliphatic heterocycles. The molecule has 0 aromatic rings. The Balaban J connectivity index is 3.08. The number of allylic oxidation sites excluding steroid dienone is 3. The van der Waals surface area contributed by atoms with Crippen LogP contribution in [-0.2, 0) is 4.79 Å². The predicted octanol–water partition coefficient (Wildman–Crippen LogP) is 6.66. The average Bonchev–Trinajstić information content (AvgIpc) is 2.50. The van der Waals surface area contributed by atoms with Crippen molar-refractivity contribution in [2.75, 3.05) is 0 Å². The average molecular weight is 309 g/mol. The van der Waals surface area contributed by atoms with Crippen LogP contribution in [0, 0.1) is 0 Å². The largest absolute Gasteiger partial charge is 0.478 e. The van der Waals surface area contributed by atoms with E-state index in [2.05, 4.69) is 19.1 Å². The minimum absolute atomic E-state index is 0.837. The van der Waals surface area contributed by atoms with Gasteiger partial charge < -0.3 is 5.11 Å². The molecule has 0 heterocycles. The molecule has 0 aliphatic carbocycles. The van der Waals surface area contributed by atoms with E-state index in [1.165, 1.54) is 83.1 Å². The van der Waals surface area contributed by atoms with Gasteiger partial charge in [-0.05, 0) is 32.1 Å². The standard InChI is InChI=1S/C20H36O2/c1-2-3-4-5-6-7-8-9-10-11-12-13-14-15-16-17-18-19-20(21)22/h5-6,18-19H,2-4,7-17H2,1H3,(H,21,22)/b6-5-,19-18?. The molecular formula is C20H36O2. The number of carboxylic acids is 1. The van der Waals surface area contributed by atoms with Crippen LogP contribution in [-0.4, -0.2) is 11.1 Å². The Kier molecular flexibility index (Phi) is 17.1. The van der Waals surface area contributed by atoms with Gasteiger partial charge in [0.25, 0.3) is 0 Å². The van der Waals surface area contributed by atoms with Crippen LogP contribution in [0.5, 0.6) is 0 Å². The molecule has 0 aromatic heterocycles. The van der Waals surface area contributed by atoms with Gasteiger partial charge in [0, 0.05) is 6.08 Å². The number of rotatable bonds is 16. The maximum atomic E-state index is 10.3. The van der Waals surface area contributed by atoms with Gasteiger partial charge in [0.05, 0.1) is 0 Å². The zero-order valence-corrected chi connectivity index (χ0v) is 14.6. The van der Waals surface area contributed by atoms with E-state index >= 15 is 0 Å². The Bertz CT molecular complexity index is 292. The lowest BCUT2D eigenvalue weighted by molar-refractivity contribution is -0.131. The van der Waals surface area contributed by atoms with Crippen molar-refractivity contribution < 1.29 is 9.90 Å². The van der Waals surface area contributed by atoms with Gasteiger partial charge in [-0.15, -0.1) is 0 Å². The van der Waals surface area contributed by atoms with E-state index in [0.29, 0.717) is 0 Å². The summed E-state index contributed by atoms with van der Waals surface area (Å²) in [5, 5.41) is 8.45. The number of unbranched alkanes of at least 4 members (excludes halogenated alkanes) is 12. The quantitative estimate of drug-likeness (QED) is 0.196. The highest BCUT2D eigenvalue weighted by Crippen LogP contribution is 2.11. The minimum Gasteiger partial charge on any atom is -0.478 e. The minimum atomic E-state index is -0.837. The van der Waals surface area contributed by atoms with Crippen LogP contribution in [0.15, 0.2) is 24.3 Å². The van der Waals surface area contributed by atoms with Gasteiger partial charge in [0.15, 0.2) is 0 Å². The third-order valence-corrected chi connectivity index (χ3v) is 3.89. The summed E-state index contributed by atoms with van der Waals surface area (Å²) in [6.07, 6.45) is 25.5. The van der Waals surface area contributed by atoms with E-state index in [0.717, 1.165) is 12.8 Å². The summed E-state index contributed by atoms with van der Waals surface area (Å²) in [6, 6.07) is 0. The van der Waals surface area contributed by atoms with E-state index in [1.54, 1.807) is 6.08 Å². The zero-order chi connectivity index (χ0) is 16.3. The van der Waals surface area contributed by atoms with Gasteiger partial charge in [-0.2, -0.15) is 0 Å². The Hall–Kier alpha value is -1.05. The normalized spacial score (nSPS) is 11.7. The first-order valence-electron chi connectivity index (χ1n) is 9.31. The predicted molar refractivity (Wildman–Crippen MR) is 96.2 cm³/mol. The van der Waals surface area contributed by atoms with Crippen LogP contribution >= 0.6 is 0 Å². The highest BCUT2D eigenvalue weighted by atomic mass is 16.4. The molecule has 128 valence electrons. The summed E-state index contributed by atoms with van der Waals surface area (Å²) in [4.78, 5) is 10.3. The first kappa shape index (κ1) is 20.9. The highest BCUT2D eigenvalue weighted by Gasteiger charge is 1.92. The highest BCUT2D eigenvalue weighted by molar-refractivity contribution is 5.79. The molecule has 0 rings (SSSR count). The van der Waals surface area contributed by atoms with E-state index in [9.17, 15) is 4.79 Å². The molecular weight excluding hydrogens is 272 g/mol. The van der Waals surface area contributed by atoms with Crippen LogP contribution in [0.4, 0.5) is 0 Å². The number of hydrogen-bond acceptors (Lipinski definition) is 1. The molecule has 0 saturated heterocycles. The first-order valence-corrected chi connectivity index (χ1v) is 9.31. The SMILES string of the molecule is CCCC/C=C\CCCCCCCCCCCC=CC(=O)O. The number of carboxylic acid groups (broad SMARTS) is 1. The van der Waals surface area contributed by atoms with Crippen molar-refractivity contribution in [3.8, 4) is 0 Å². The molecule has 0 aromatic carbocycles. The van der Waals surface area contributed by atoms with Crippen molar-refractivity contribution in [1.82, 2.24) is 0 Å². The topological polar surface area (TPSA) is 37.3 Å². The Morgan fingerprint density at radius 2 is 1.09 bits per heavy atom. The third kappa shape index (κ3) is 18.9. The molecule has 0 aliphatic rings. The first-order chi connectivity index (χ1) is 10.8. The monoisotopic (exact) mass is 308 g/mol. The van der Waals surface area contributed by atoms with E-state index in [1.807, 2.05) is 0 Å². The fourth-order valence-electron chi connectivity index (χ4n) is 2.50. The van der Waals surface area contributed by atoms with Gasteiger partial charge in [0.2, 0.25) is 0 Å². The molecule has 0 bridgehead atoms. The maximum absolute atomic E-state index is 10.3. The number of carbonyl (C=O) groups is 1. The van der Waals surface area contributed by atoms with Crippen LogP contribution in [0.3, 0.4) is 0 Å². The maximum Gasteiger partial charge on any atom is 0.327 e. The molecule has 2 nitrogen and oxygen atoms in total.